The molecule has 0 aliphatic heterocycles. The molecule has 7 nitrogen and oxygen atoms in total. The first-order chi connectivity index (χ1) is 14.7. The first-order valence-electron chi connectivity index (χ1n) is 10.5. The Labute approximate surface area is 181 Å². The molecule has 1 saturated carbocycles. The number of benzene rings is 2. The van der Waals surface area contributed by atoms with Crippen molar-refractivity contribution in [2.24, 2.45) is 11.8 Å². The minimum Gasteiger partial charge on any atom is -0.508 e. The van der Waals surface area contributed by atoms with E-state index >= 15 is 0 Å². The van der Waals surface area contributed by atoms with Gasteiger partial charge in [-0.3, -0.25) is 4.79 Å². The number of phenolic OH excluding ortho intramolecular Hbond substituents is 2. The van der Waals surface area contributed by atoms with Gasteiger partial charge in [-0.15, -0.1) is 0 Å². The number of carbonyl (C=O) groups is 1. The highest BCUT2D eigenvalue weighted by molar-refractivity contribution is 6.00. The van der Waals surface area contributed by atoms with Gasteiger partial charge >= 0.3 is 0 Å². The number of ketones is 1. The molecule has 0 spiro atoms. The van der Waals surface area contributed by atoms with Crippen LogP contribution in [-0.4, -0.2) is 56.2 Å². The second-order valence-electron chi connectivity index (χ2n) is 8.40. The summed E-state index contributed by atoms with van der Waals surface area (Å²) in [5, 5.41) is 49.9. The maximum Gasteiger partial charge on any atom is 0.167 e. The van der Waals surface area contributed by atoms with Gasteiger partial charge in [-0.25, -0.2) is 0 Å². The molecule has 2 aromatic rings. The van der Waals surface area contributed by atoms with Gasteiger partial charge in [0.05, 0.1) is 17.8 Å². The lowest BCUT2D eigenvalue weighted by Crippen LogP contribution is -2.51. The molecule has 1 fully saturated rings. The maximum atomic E-state index is 12.7. The molecule has 31 heavy (non-hydrogen) atoms. The number of aromatic hydroxyl groups is 2. The number of ether oxygens (including phenoxy) is 1. The zero-order valence-corrected chi connectivity index (χ0v) is 17.7. The zero-order chi connectivity index (χ0) is 22.7. The van der Waals surface area contributed by atoms with Gasteiger partial charge in [0.25, 0.3) is 0 Å². The van der Waals surface area contributed by atoms with Crippen LogP contribution >= 0.6 is 0 Å². The van der Waals surface area contributed by atoms with E-state index in [1.165, 1.54) is 6.07 Å². The van der Waals surface area contributed by atoms with Crippen molar-refractivity contribution in [2.45, 2.75) is 51.4 Å². The highest BCUT2D eigenvalue weighted by Crippen LogP contribution is 2.35. The SMILES string of the molecule is Cc1cc(O[C@@H]2C[C@H](CO)[C@@H](O)[C@H](C)[C@H]2O)cc(O)c1C(=O)CCc1ccc(O)cc1. The number of carbonyl (C=O) groups excluding carboxylic acids is 1. The summed E-state index contributed by atoms with van der Waals surface area (Å²) in [5.74, 6) is -0.789. The van der Waals surface area contributed by atoms with E-state index in [4.69, 9.17) is 4.74 Å². The van der Waals surface area contributed by atoms with Crippen LogP contribution in [0.3, 0.4) is 0 Å². The number of hydrogen-bond acceptors (Lipinski definition) is 7. The van der Waals surface area contributed by atoms with Crippen LogP contribution in [-0.2, 0) is 6.42 Å². The fourth-order valence-corrected chi connectivity index (χ4v) is 4.23. The minimum absolute atomic E-state index is 0.163. The third kappa shape index (κ3) is 5.18. The minimum atomic E-state index is -0.924. The summed E-state index contributed by atoms with van der Waals surface area (Å²) in [6, 6.07) is 9.63. The van der Waals surface area contributed by atoms with Gasteiger partial charge in [-0.1, -0.05) is 19.1 Å². The van der Waals surface area contributed by atoms with Crippen LogP contribution in [0.25, 0.3) is 0 Å². The fourth-order valence-electron chi connectivity index (χ4n) is 4.23. The normalized spacial score (nSPS) is 25.9. The number of phenols is 2. The van der Waals surface area contributed by atoms with E-state index in [9.17, 15) is 30.3 Å². The molecule has 0 heterocycles. The second kappa shape index (κ2) is 9.68. The molecule has 0 aromatic heterocycles. The van der Waals surface area contributed by atoms with Crippen LogP contribution in [0.15, 0.2) is 36.4 Å². The van der Waals surface area contributed by atoms with Gasteiger partial charge in [0, 0.05) is 30.9 Å². The molecule has 1 aliphatic carbocycles. The molecule has 2 aromatic carbocycles. The average Bonchev–Trinajstić information content (AvgIpc) is 2.73. The molecule has 168 valence electrons. The molecule has 0 radical (unpaired) electrons. The van der Waals surface area contributed by atoms with Crippen molar-refractivity contribution in [1.82, 2.24) is 0 Å². The number of Topliss-reactive ketones (excluding diaryl/α,β-unsaturated/α-hetero) is 1. The number of rotatable bonds is 7. The quantitative estimate of drug-likeness (QED) is 0.427. The summed E-state index contributed by atoms with van der Waals surface area (Å²) in [7, 11) is 0. The van der Waals surface area contributed by atoms with Crippen molar-refractivity contribution in [3.8, 4) is 17.2 Å². The third-order valence-electron chi connectivity index (χ3n) is 6.14. The molecule has 0 saturated heterocycles. The van der Waals surface area contributed by atoms with Crippen molar-refractivity contribution in [3.63, 3.8) is 0 Å². The van der Waals surface area contributed by atoms with Crippen LogP contribution in [0.1, 0.15) is 41.3 Å². The Morgan fingerprint density at radius 3 is 2.39 bits per heavy atom. The van der Waals surface area contributed by atoms with Crippen molar-refractivity contribution < 1.29 is 35.1 Å². The fraction of sp³-hybridized carbons (Fsp3) is 0.458. The maximum absolute atomic E-state index is 12.7. The van der Waals surface area contributed by atoms with Crippen molar-refractivity contribution in [3.05, 3.63) is 53.1 Å². The zero-order valence-electron chi connectivity index (χ0n) is 17.7. The van der Waals surface area contributed by atoms with Crippen LogP contribution < -0.4 is 4.74 Å². The Morgan fingerprint density at radius 1 is 1.10 bits per heavy atom. The lowest BCUT2D eigenvalue weighted by atomic mass is 9.76. The number of aliphatic hydroxyl groups excluding tert-OH is 3. The van der Waals surface area contributed by atoms with E-state index in [-0.39, 0.29) is 42.3 Å². The summed E-state index contributed by atoms with van der Waals surface area (Å²) in [5.41, 5.74) is 1.69. The lowest BCUT2D eigenvalue weighted by molar-refractivity contribution is -0.115. The van der Waals surface area contributed by atoms with Crippen molar-refractivity contribution in [1.29, 1.82) is 0 Å². The van der Waals surface area contributed by atoms with Crippen molar-refractivity contribution in [2.75, 3.05) is 6.61 Å². The second-order valence-corrected chi connectivity index (χ2v) is 8.40. The Bertz CT molecular complexity index is 884. The molecular formula is C24H30O7. The predicted molar refractivity (Wildman–Crippen MR) is 114 cm³/mol. The topological polar surface area (TPSA) is 127 Å². The summed E-state index contributed by atoms with van der Waals surface area (Å²) in [6.07, 6.45) is -1.43. The molecule has 5 N–H and O–H groups in total. The van der Waals surface area contributed by atoms with Crippen LogP contribution in [0, 0.1) is 18.8 Å². The van der Waals surface area contributed by atoms with E-state index in [0.717, 1.165) is 5.56 Å². The largest absolute Gasteiger partial charge is 0.508 e. The number of aryl methyl sites for hydroxylation is 2. The monoisotopic (exact) mass is 430 g/mol. The first-order valence-corrected chi connectivity index (χ1v) is 10.5. The highest BCUT2D eigenvalue weighted by Gasteiger charge is 2.42. The summed E-state index contributed by atoms with van der Waals surface area (Å²) < 4.78 is 5.89. The standard InChI is InChI=1S/C24H30O7/c1-13-9-18(31-21-10-16(12-25)23(29)14(2)24(21)30)11-20(28)22(13)19(27)8-5-15-3-6-17(26)7-4-15/h3-4,6-7,9,11,14,16,21,23-26,28-30H,5,8,10,12H2,1-2H3/t14-,16+,21+,23-,24+/m0/s1. The van der Waals surface area contributed by atoms with E-state index < -0.39 is 30.1 Å². The lowest BCUT2D eigenvalue weighted by Gasteiger charge is -2.40. The van der Waals surface area contributed by atoms with E-state index in [0.29, 0.717) is 17.7 Å². The Morgan fingerprint density at radius 2 is 1.77 bits per heavy atom. The highest BCUT2D eigenvalue weighted by atomic mass is 16.5. The first kappa shape index (κ1) is 23.1. The van der Waals surface area contributed by atoms with Crippen molar-refractivity contribution >= 4 is 5.78 Å². The molecule has 0 amide bonds. The van der Waals surface area contributed by atoms with Gasteiger partial charge in [0.15, 0.2) is 5.78 Å². The average molecular weight is 430 g/mol. The number of hydrogen-bond donors (Lipinski definition) is 5. The molecule has 3 rings (SSSR count). The predicted octanol–water partition coefficient (Wildman–Crippen LogP) is 2.34. The molecule has 1 aliphatic rings. The third-order valence-corrected chi connectivity index (χ3v) is 6.14. The van der Waals surface area contributed by atoms with E-state index in [2.05, 4.69) is 0 Å². The smallest absolute Gasteiger partial charge is 0.167 e. The van der Waals surface area contributed by atoms with E-state index in [1.54, 1.807) is 44.2 Å². The summed E-state index contributed by atoms with van der Waals surface area (Å²) in [4.78, 5) is 12.7. The molecule has 7 heteroatoms. The molecular weight excluding hydrogens is 400 g/mol. The molecule has 0 bridgehead atoms. The van der Waals surface area contributed by atoms with Gasteiger partial charge in [-0.2, -0.15) is 0 Å². The van der Waals surface area contributed by atoms with Crippen LogP contribution in [0.4, 0.5) is 0 Å². The Kier molecular flexibility index (Phi) is 7.20. The summed E-state index contributed by atoms with van der Waals surface area (Å²) >= 11 is 0. The van der Waals surface area contributed by atoms with Gasteiger partial charge in [0.1, 0.15) is 23.4 Å². The van der Waals surface area contributed by atoms with Gasteiger partial charge < -0.3 is 30.3 Å². The molecule has 0 unspecified atom stereocenters. The van der Waals surface area contributed by atoms with Gasteiger partial charge in [0.2, 0.25) is 0 Å². The van der Waals surface area contributed by atoms with Crippen LogP contribution in [0.5, 0.6) is 17.2 Å². The summed E-state index contributed by atoms with van der Waals surface area (Å²) in [6.45, 7) is 3.20. The van der Waals surface area contributed by atoms with Crippen LogP contribution in [0.2, 0.25) is 0 Å². The van der Waals surface area contributed by atoms with Gasteiger partial charge in [-0.05, 0) is 49.1 Å². The Hall–Kier alpha value is -2.61. The Balaban J connectivity index is 1.71. The number of aliphatic hydroxyl groups is 3. The van der Waals surface area contributed by atoms with E-state index in [1.807, 2.05) is 0 Å². The molecule has 5 atom stereocenters.